The van der Waals surface area contributed by atoms with E-state index in [0.717, 1.165) is 12.3 Å². The molecular formula is C16H11F2IrN3O2. The zero-order chi connectivity index (χ0) is 16.7. The molecule has 3 aromatic rings. The molecule has 0 saturated heterocycles. The van der Waals surface area contributed by atoms with E-state index in [1.54, 1.807) is 30.3 Å². The molecule has 0 aliphatic rings. The predicted molar refractivity (Wildman–Crippen MR) is 78.6 cm³/mol. The third kappa shape index (κ3) is 5.57. The van der Waals surface area contributed by atoms with Crippen LogP contribution in [-0.2, 0) is 20.1 Å². The fraction of sp³-hybridized carbons (Fsp3) is 0. The average molecular weight is 507 g/mol. The Bertz CT molecular complexity index is 790. The van der Waals surface area contributed by atoms with Crippen molar-refractivity contribution in [1.29, 1.82) is 0 Å². The van der Waals surface area contributed by atoms with Crippen LogP contribution >= 0.6 is 0 Å². The maximum atomic E-state index is 13.2. The molecule has 0 spiro atoms. The molecule has 0 unspecified atom stereocenters. The summed E-state index contributed by atoms with van der Waals surface area (Å²) >= 11 is 0. The number of hydrogen-bond acceptors (Lipinski definition) is 4. The number of halogens is 2. The summed E-state index contributed by atoms with van der Waals surface area (Å²) in [5.74, 6) is -2.39. The topological polar surface area (TPSA) is 76.0 Å². The maximum Gasteiger partial charge on any atom is 0.354 e. The quantitative estimate of drug-likeness (QED) is 0.577. The summed E-state index contributed by atoms with van der Waals surface area (Å²) in [7, 11) is 0. The number of pyridine rings is 3. The first-order chi connectivity index (χ1) is 11.1. The molecule has 0 atom stereocenters. The largest absolute Gasteiger partial charge is 0.477 e. The molecule has 0 fully saturated rings. The molecule has 5 nitrogen and oxygen atoms in total. The van der Waals surface area contributed by atoms with Crippen LogP contribution in [0.5, 0.6) is 0 Å². The second kappa shape index (κ2) is 9.54. The summed E-state index contributed by atoms with van der Waals surface area (Å²) in [5.41, 5.74) is 0.537. The summed E-state index contributed by atoms with van der Waals surface area (Å²) in [5, 5.41) is 8.32. The zero-order valence-corrected chi connectivity index (χ0v) is 14.5. The van der Waals surface area contributed by atoms with Crippen molar-refractivity contribution in [1.82, 2.24) is 15.0 Å². The first kappa shape index (κ1) is 19.5. The fourth-order valence-corrected chi connectivity index (χ4v) is 1.60. The van der Waals surface area contributed by atoms with Crippen molar-refractivity contribution >= 4 is 5.97 Å². The molecule has 0 saturated carbocycles. The monoisotopic (exact) mass is 508 g/mol. The van der Waals surface area contributed by atoms with Crippen LogP contribution < -0.4 is 0 Å². The van der Waals surface area contributed by atoms with Gasteiger partial charge in [-0.2, -0.15) is 0 Å². The Balaban J connectivity index is 0.000000252. The van der Waals surface area contributed by atoms with Crippen LogP contribution in [0.25, 0.3) is 11.4 Å². The van der Waals surface area contributed by atoms with E-state index in [1.165, 1.54) is 18.5 Å². The molecule has 3 heterocycles. The summed E-state index contributed by atoms with van der Waals surface area (Å²) in [6.45, 7) is 0. The summed E-state index contributed by atoms with van der Waals surface area (Å²) in [6.07, 6.45) is 3.94. The van der Waals surface area contributed by atoms with Gasteiger partial charge in [-0.1, -0.05) is 12.1 Å². The van der Waals surface area contributed by atoms with Crippen molar-refractivity contribution in [2.24, 2.45) is 0 Å². The Labute approximate surface area is 149 Å². The Morgan fingerprint density at radius 2 is 1.62 bits per heavy atom. The van der Waals surface area contributed by atoms with E-state index in [0.29, 0.717) is 5.69 Å². The summed E-state index contributed by atoms with van der Waals surface area (Å²) in [6, 6.07) is 10.6. The number of hydrogen-bond donors (Lipinski definition) is 1. The van der Waals surface area contributed by atoms with Crippen LogP contribution in [-0.4, -0.2) is 26.0 Å². The van der Waals surface area contributed by atoms with Gasteiger partial charge in [-0.25, -0.2) is 23.5 Å². The number of carbonyl (C=O) groups is 1. The van der Waals surface area contributed by atoms with Gasteiger partial charge in [0.2, 0.25) is 0 Å². The molecule has 0 aliphatic heterocycles. The van der Waals surface area contributed by atoms with Crippen molar-refractivity contribution in [3.8, 4) is 11.4 Å². The smallest absolute Gasteiger partial charge is 0.354 e. The SMILES string of the molecule is Fc1cnc(-c2ccccn2)c(F)c1.O=C(O)c1ccccn1.[Ir]. The molecule has 125 valence electrons. The zero-order valence-electron chi connectivity index (χ0n) is 12.1. The van der Waals surface area contributed by atoms with Crippen molar-refractivity contribution in [2.75, 3.05) is 0 Å². The molecular weight excluding hydrogens is 496 g/mol. The van der Waals surface area contributed by atoms with Gasteiger partial charge in [0.15, 0.2) is 5.82 Å². The van der Waals surface area contributed by atoms with Crippen LogP contribution in [0.4, 0.5) is 8.78 Å². The third-order valence-corrected chi connectivity index (χ3v) is 2.60. The van der Waals surface area contributed by atoms with Gasteiger partial charge in [-0.05, 0) is 24.3 Å². The summed E-state index contributed by atoms with van der Waals surface area (Å²) in [4.78, 5) is 21.3. The minimum Gasteiger partial charge on any atom is -0.477 e. The van der Waals surface area contributed by atoms with Gasteiger partial charge in [0.05, 0.1) is 11.9 Å². The number of aromatic carboxylic acids is 1. The minimum absolute atomic E-state index is 0. The van der Waals surface area contributed by atoms with Crippen LogP contribution in [0.3, 0.4) is 0 Å². The number of aromatic nitrogens is 3. The van der Waals surface area contributed by atoms with Crippen molar-refractivity contribution < 1.29 is 38.8 Å². The minimum atomic E-state index is -0.990. The predicted octanol–water partition coefficient (Wildman–Crippen LogP) is 3.20. The molecule has 0 bridgehead atoms. The van der Waals surface area contributed by atoms with Crippen molar-refractivity contribution in [3.05, 3.63) is 78.4 Å². The van der Waals surface area contributed by atoms with E-state index < -0.39 is 17.6 Å². The van der Waals surface area contributed by atoms with Gasteiger partial charge < -0.3 is 5.11 Å². The van der Waals surface area contributed by atoms with E-state index in [-0.39, 0.29) is 31.5 Å². The van der Waals surface area contributed by atoms with Crippen molar-refractivity contribution in [3.63, 3.8) is 0 Å². The molecule has 0 aromatic carbocycles. The number of carboxylic acids is 1. The van der Waals surface area contributed by atoms with E-state index in [2.05, 4.69) is 15.0 Å². The second-order valence-electron chi connectivity index (χ2n) is 4.22. The number of nitrogens with zero attached hydrogens (tertiary/aromatic N) is 3. The van der Waals surface area contributed by atoms with Gasteiger partial charge in [-0.3, -0.25) is 4.98 Å². The van der Waals surface area contributed by atoms with E-state index in [9.17, 15) is 13.6 Å². The Morgan fingerprint density at radius 3 is 2.08 bits per heavy atom. The van der Waals surface area contributed by atoms with E-state index in [1.807, 2.05) is 0 Å². The molecule has 1 N–H and O–H groups in total. The Morgan fingerprint density at radius 1 is 0.958 bits per heavy atom. The van der Waals surface area contributed by atoms with Gasteiger partial charge in [0.25, 0.3) is 0 Å². The maximum absolute atomic E-state index is 13.2. The number of rotatable bonds is 2. The Kier molecular flexibility index (Phi) is 7.74. The average Bonchev–Trinajstić information content (AvgIpc) is 2.57. The molecule has 3 aromatic heterocycles. The normalized spacial score (nSPS) is 9.25. The van der Waals surface area contributed by atoms with Gasteiger partial charge in [0, 0.05) is 38.6 Å². The van der Waals surface area contributed by atoms with Crippen LogP contribution in [0.15, 0.2) is 61.1 Å². The van der Waals surface area contributed by atoms with Crippen LogP contribution in [0, 0.1) is 11.6 Å². The first-order valence-electron chi connectivity index (χ1n) is 6.44. The molecule has 0 amide bonds. The van der Waals surface area contributed by atoms with E-state index in [4.69, 9.17) is 5.11 Å². The Hall–Kier alpha value is -2.57. The van der Waals surface area contributed by atoms with Gasteiger partial charge in [0.1, 0.15) is 17.2 Å². The molecule has 3 rings (SSSR count). The van der Waals surface area contributed by atoms with Crippen LogP contribution in [0.2, 0.25) is 0 Å². The summed E-state index contributed by atoms with van der Waals surface area (Å²) < 4.78 is 25.7. The fourth-order valence-electron chi connectivity index (χ4n) is 1.60. The standard InChI is InChI=1S/C10H6F2N2.C6H5NO2.Ir/c11-7-5-8(12)10(14-6-7)9-3-1-2-4-13-9;8-6(9)5-3-1-2-4-7-5;/h1-6H;1-4H,(H,8,9);. The molecule has 8 heteroatoms. The van der Waals surface area contributed by atoms with Crippen LogP contribution in [0.1, 0.15) is 10.5 Å². The third-order valence-electron chi connectivity index (χ3n) is 2.60. The number of carboxylic acid groups (broad SMARTS) is 1. The van der Waals surface area contributed by atoms with Crippen molar-refractivity contribution in [2.45, 2.75) is 0 Å². The molecule has 24 heavy (non-hydrogen) atoms. The molecule has 0 aliphatic carbocycles. The van der Waals surface area contributed by atoms with Gasteiger partial charge >= 0.3 is 5.97 Å². The second-order valence-corrected chi connectivity index (χ2v) is 4.22. The van der Waals surface area contributed by atoms with E-state index >= 15 is 0 Å². The molecule has 1 radical (unpaired) electrons. The van der Waals surface area contributed by atoms with Gasteiger partial charge in [-0.15, -0.1) is 0 Å². The first-order valence-corrected chi connectivity index (χ1v) is 6.44.